The van der Waals surface area contributed by atoms with Crippen molar-refractivity contribution < 1.29 is 32.9 Å². The minimum Gasteiger partial charge on any atom is -0.496 e. The number of nitrogens with zero attached hydrogens (tertiary/aromatic N) is 2. The number of aromatic nitrogens is 1. The molecule has 1 atom stereocenters. The van der Waals surface area contributed by atoms with E-state index >= 15 is 0 Å². The van der Waals surface area contributed by atoms with Gasteiger partial charge >= 0.3 is 12.3 Å². The quantitative estimate of drug-likeness (QED) is 0.204. The van der Waals surface area contributed by atoms with E-state index in [9.17, 15) is 28.2 Å². The van der Waals surface area contributed by atoms with Gasteiger partial charge < -0.3 is 19.8 Å². The summed E-state index contributed by atoms with van der Waals surface area (Å²) < 4.78 is 47.1. The van der Waals surface area contributed by atoms with Gasteiger partial charge in [-0.2, -0.15) is 13.2 Å². The summed E-state index contributed by atoms with van der Waals surface area (Å²) in [6.07, 6.45) is -4.51. The molecule has 0 aliphatic carbocycles. The number of benzene rings is 3. The van der Waals surface area contributed by atoms with E-state index in [4.69, 9.17) is 4.74 Å². The topological polar surface area (TPSA) is 82.9 Å². The zero-order chi connectivity index (χ0) is 30.5. The van der Waals surface area contributed by atoms with Crippen molar-refractivity contribution in [2.75, 3.05) is 13.7 Å². The molecular formula is C33H33F3N2O4. The first-order chi connectivity index (χ1) is 19.9. The lowest BCUT2D eigenvalue weighted by molar-refractivity contribution is -0.137. The number of hydrogen-bond acceptors (Lipinski definition) is 4. The van der Waals surface area contributed by atoms with Crippen LogP contribution < -0.4 is 4.74 Å². The van der Waals surface area contributed by atoms with Gasteiger partial charge in [0.15, 0.2) is 0 Å². The van der Waals surface area contributed by atoms with Gasteiger partial charge in [-0.05, 0) is 64.6 Å². The molecule has 0 aliphatic rings. The van der Waals surface area contributed by atoms with Crippen molar-refractivity contribution in [2.24, 2.45) is 0 Å². The van der Waals surface area contributed by atoms with Gasteiger partial charge in [0.1, 0.15) is 11.4 Å². The van der Waals surface area contributed by atoms with Crippen LogP contribution in [0.3, 0.4) is 0 Å². The highest BCUT2D eigenvalue weighted by atomic mass is 19.4. The molecule has 0 saturated carbocycles. The van der Waals surface area contributed by atoms with Crippen LogP contribution in [0.25, 0.3) is 11.1 Å². The average Bonchev–Trinajstić information content (AvgIpc) is 2.97. The van der Waals surface area contributed by atoms with Gasteiger partial charge in [0, 0.05) is 24.7 Å². The lowest BCUT2D eigenvalue weighted by atomic mass is 9.89. The summed E-state index contributed by atoms with van der Waals surface area (Å²) in [5.74, 6) is 0.575. The Morgan fingerprint density at radius 1 is 0.952 bits per heavy atom. The van der Waals surface area contributed by atoms with Crippen molar-refractivity contribution in [1.82, 2.24) is 9.88 Å². The molecule has 2 N–H and O–H groups in total. The zero-order valence-corrected chi connectivity index (χ0v) is 23.6. The Bertz CT molecular complexity index is 1510. The van der Waals surface area contributed by atoms with E-state index in [-0.39, 0.29) is 23.6 Å². The Hall–Kier alpha value is -4.37. The Balaban J connectivity index is 1.82. The van der Waals surface area contributed by atoms with Crippen molar-refractivity contribution in [1.29, 1.82) is 0 Å². The molecule has 6 nitrogen and oxygen atoms in total. The fourth-order valence-electron chi connectivity index (χ4n) is 4.97. The van der Waals surface area contributed by atoms with E-state index < -0.39 is 36.5 Å². The van der Waals surface area contributed by atoms with Crippen LogP contribution in [0.4, 0.5) is 18.0 Å². The van der Waals surface area contributed by atoms with Crippen molar-refractivity contribution in [3.8, 4) is 16.9 Å². The lowest BCUT2D eigenvalue weighted by Crippen LogP contribution is -2.45. The van der Waals surface area contributed by atoms with E-state index in [0.29, 0.717) is 16.9 Å². The molecule has 4 rings (SSSR count). The maximum absolute atomic E-state index is 13.8. The molecule has 42 heavy (non-hydrogen) atoms. The number of halogens is 3. The molecular weight excluding hydrogens is 545 g/mol. The second-order valence-corrected chi connectivity index (χ2v) is 10.5. The van der Waals surface area contributed by atoms with Gasteiger partial charge in [0.05, 0.1) is 24.9 Å². The van der Waals surface area contributed by atoms with E-state index in [2.05, 4.69) is 4.98 Å². The highest BCUT2D eigenvalue weighted by molar-refractivity contribution is 5.75. The first-order valence-electron chi connectivity index (χ1n) is 13.5. The average molecular weight is 579 g/mol. The maximum atomic E-state index is 13.8. The first kappa shape index (κ1) is 30.6. The van der Waals surface area contributed by atoms with Crippen LogP contribution in [0.1, 0.15) is 47.7 Å². The molecule has 1 aromatic heterocycles. The predicted octanol–water partition coefficient (Wildman–Crippen LogP) is 7.51. The van der Waals surface area contributed by atoms with Crippen molar-refractivity contribution in [2.45, 2.75) is 44.5 Å². The maximum Gasteiger partial charge on any atom is 0.416 e. The number of hydrogen-bond donors (Lipinski definition) is 2. The molecule has 0 fully saturated rings. The molecule has 0 saturated heterocycles. The fraction of sp³-hybridized carbons (Fsp3) is 0.273. The molecule has 0 radical (unpaired) electrons. The van der Waals surface area contributed by atoms with Crippen LogP contribution in [0.5, 0.6) is 5.75 Å². The van der Waals surface area contributed by atoms with Gasteiger partial charge in [-0.1, -0.05) is 62.4 Å². The van der Waals surface area contributed by atoms with E-state index in [1.165, 1.54) is 19.4 Å². The molecule has 0 aliphatic heterocycles. The second-order valence-electron chi connectivity index (χ2n) is 10.5. The SMILES string of the molecule is COc1ccc(C(C)C)cc1-c1ccc(C(F)(F)F)cc1CN(CC(O)(Cc1ccccc1)c1ccccn1)C(=O)O. The minimum atomic E-state index is -4.65. The monoisotopic (exact) mass is 578 g/mol. The predicted molar refractivity (Wildman–Crippen MR) is 154 cm³/mol. The third kappa shape index (κ3) is 7.09. The summed E-state index contributed by atoms with van der Waals surface area (Å²) in [6.45, 7) is 3.13. The summed E-state index contributed by atoms with van der Waals surface area (Å²) in [4.78, 5) is 17.8. The molecule has 1 unspecified atom stereocenters. The Morgan fingerprint density at radius 2 is 1.67 bits per heavy atom. The van der Waals surface area contributed by atoms with E-state index in [1.54, 1.807) is 48.5 Å². The molecule has 220 valence electrons. The third-order valence-electron chi connectivity index (χ3n) is 7.18. The van der Waals surface area contributed by atoms with Crippen LogP contribution in [0.2, 0.25) is 0 Å². The van der Waals surface area contributed by atoms with Crippen LogP contribution in [-0.2, 0) is 24.7 Å². The van der Waals surface area contributed by atoms with E-state index in [1.807, 2.05) is 32.0 Å². The molecule has 0 spiro atoms. The standard InChI is InChI=1S/C33H33F3N2O4/c1-22(2)24-12-15-29(42-3)28(18-24)27-14-13-26(33(34,35)36)17-25(27)20-38(31(39)40)21-32(41,30-11-7-8-16-37-30)19-23-9-5-4-6-10-23/h4-18,22,41H,19-21H2,1-3H3,(H,39,40). The molecule has 1 amide bonds. The van der Waals surface area contributed by atoms with Crippen LogP contribution in [-0.4, -0.2) is 39.8 Å². The highest BCUT2D eigenvalue weighted by Crippen LogP contribution is 2.39. The Kier molecular flexibility index (Phi) is 9.21. The molecule has 9 heteroatoms. The molecule has 4 aromatic rings. The number of aliphatic hydroxyl groups is 1. The first-order valence-corrected chi connectivity index (χ1v) is 13.5. The lowest BCUT2D eigenvalue weighted by Gasteiger charge is -2.33. The van der Waals surface area contributed by atoms with Crippen LogP contribution >= 0.6 is 0 Å². The Morgan fingerprint density at radius 3 is 2.26 bits per heavy atom. The number of methoxy groups -OCH3 is 1. The smallest absolute Gasteiger partial charge is 0.416 e. The van der Waals surface area contributed by atoms with Crippen molar-refractivity contribution in [3.05, 3.63) is 119 Å². The number of carboxylic acid groups (broad SMARTS) is 1. The largest absolute Gasteiger partial charge is 0.496 e. The molecule has 1 heterocycles. The summed E-state index contributed by atoms with van der Waals surface area (Å²) >= 11 is 0. The molecule has 3 aromatic carbocycles. The summed E-state index contributed by atoms with van der Waals surface area (Å²) in [5.41, 5.74) is 0.322. The highest BCUT2D eigenvalue weighted by Gasteiger charge is 2.36. The van der Waals surface area contributed by atoms with Crippen LogP contribution in [0.15, 0.2) is 91.1 Å². The zero-order valence-electron chi connectivity index (χ0n) is 23.6. The normalized spacial score (nSPS) is 13.0. The van der Waals surface area contributed by atoms with Gasteiger partial charge in [0.25, 0.3) is 0 Å². The van der Waals surface area contributed by atoms with Crippen molar-refractivity contribution >= 4 is 6.09 Å². The number of rotatable bonds is 10. The third-order valence-corrected chi connectivity index (χ3v) is 7.18. The van der Waals surface area contributed by atoms with Gasteiger partial charge in [0.2, 0.25) is 0 Å². The number of alkyl halides is 3. The number of ether oxygens (including phenoxy) is 1. The van der Waals surface area contributed by atoms with Gasteiger partial charge in [-0.15, -0.1) is 0 Å². The Labute approximate surface area is 243 Å². The second kappa shape index (κ2) is 12.7. The molecule has 0 bridgehead atoms. The number of pyridine rings is 1. The van der Waals surface area contributed by atoms with Crippen LogP contribution in [0, 0.1) is 0 Å². The minimum absolute atomic E-state index is 0.0360. The number of carbonyl (C=O) groups is 1. The fourth-order valence-corrected chi connectivity index (χ4v) is 4.97. The van der Waals surface area contributed by atoms with Gasteiger partial charge in [-0.3, -0.25) is 4.98 Å². The van der Waals surface area contributed by atoms with Crippen molar-refractivity contribution in [3.63, 3.8) is 0 Å². The summed E-state index contributed by atoms with van der Waals surface area (Å²) in [5, 5.41) is 22.2. The summed E-state index contributed by atoms with van der Waals surface area (Å²) in [7, 11) is 1.47. The summed E-state index contributed by atoms with van der Waals surface area (Å²) in [6, 6.07) is 22.8. The number of amides is 1. The van der Waals surface area contributed by atoms with E-state index in [0.717, 1.165) is 28.2 Å². The van der Waals surface area contributed by atoms with Gasteiger partial charge in [-0.25, -0.2) is 4.79 Å².